The van der Waals surface area contributed by atoms with Crippen molar-refractivity contribution in [3.8, 4) is 23.0 Å². The minimum atomic E-state index is 0.472. The number of nitrogens with zero attached hydrogens (tertiary/aromatic N) is 2. The fourth-order valence-corrected chi connectivity index (χ4v) is 4.78. The summed E-state index contributed by atoms with van der Waals surface area (Å²) in [5.41, 5.74) is 0. The van der Waals surface area contributed by atoms with Gasteiger partial charge in [-0.25, -0.2) is 0 Å². The van der Waals surface area contributed by atoms with Crippen LogP contribution in [0.15, 0.2) is 48.5 Å². The van der Waals surface area contributed by atoms with E-state index in [4.69, 9.17) is 47.4 Å². The van der Waals surface area contributed by atoms with Gasteiger partial charge < -0.3 is 47.4 Å². The van der Waals surface area contributed by atoms with Gasteiger partial charge in [0.2, 0.25) is 0 Å². The molecule has 2 aliphatic rings. The molecule has 0 fully saturated rings. The van der Waals surface area contributed by atoms with Crippen molar-refractivity contribution in [2.45, 2.75) is 0 Å². The van der Waals surface area contributed by atoms with Gasteiger partial charge in [0.15, 0.2) is 23.0 Å². The van der Waals surface area contributed by atoms with Crippen molar-refractivity contribution in [1.29, 1.82) is 0 Å². The summed E-state index contributed by atoms with van der Waals surface area (Å²) in [6, 6.07) is 15.3. The molecule has 2 heterocycles. The quantitative estimate of drug-likeness (QED) is 0.374. The third-order valence-electron chi connectivity index (χ3n) is 7.32. The lowest BCUT2D eigenvalue weighted by Crippen LogP contribution is -2.35. The smallest absolute Gasteiger partial charge is 0.161 e. The number of ether oxygens (including phenoxy) is 10. The van der Waals surface area contributed by atoms with Crippen LogP contribution in [-0.2, 0) is 28.4 Å². The Balaban J connectivity index is 1.04. The molecule has 0 bridgehead atoms. The van der Waals surface area contributed by atoms with Crippen LogP contribution in [0.1, 0.15) is 0 Å². The summed E-state index contributed by atoms with van der Waals surface area (Å²) in [4.78, 5) is 4.58. The van der Waals surface area contributed by atoms with Crippen LogP contribution in [0.3, 0.4) is 0 Å². The first-order chi connectivity index (χ1) is 22.9. The second-order valence-corrected chi connectivity index (χ2v) is 10.6. The molecule has 0 atom stereocenters. The molecule has 0 unspecified atom stereocenters. The van der Waals surface area contributed by atoms with Crippen molar-refractivity contribution in [3.05, 3.63) is 48.5 Å². The minimum Gasteiger partial charge on any atom is -0.487 e. The van der Waals surface area contributed by atoms with E-state index in [1.54, 1.807) is 0 Å². The van der Waals surface area contributed by atoms with Gasteiger partial charge in [0, 0.05) is 39.3 Å². The van der Waals surface area contributed by atoms with Crippen molar-refractivity contribution < 1.29 is 47.4 Å². The lowest BCUT2D eigenvalue weighted by molar-refractivity contribution is 0.0136. The molecule has 2 aromatic rings. The first-order valence-corrected chi connectivity index (χ1v) is 16.5. The van der Waals surface area contributed by atoms with Crippen molar-refractivity contribution in [1.82, 2.24) is 9.80 Å². The van der Waals surface area contributed by atoms with Crippen LogP contribution in [-0.4, -0.2) is 155 Å². The molecular formula is C34H52N2O10. The summed E-state index contributed by atoms with van der Waals surface area (Å²) in [5.74, 6) is 2.90. The Kier molecular flexibility index (Phi) is 18.6. The van der Waals surface area contributed by atoms with Crippen LogP contribution in [0.25, 0.3) is 0 Å². The Morgan fingerprint density at radius 2 is 0.696 bits per heavy atom. The van der Waals surface area contributed by atoms with Gasteiger partial charge in [-0.1, -0.05) is 24.3 Å². The zero-order chi connectivity index (χ0) is 31.7. The summed E-state index contributed by atoms with van der Waals surface area (Å²) in [5, 5.41) is 0. The van der Waals surface area contributed by atoms with Gasteiger partial charge in [0.05, 0.1) is 79.3 Å². The van der Waals surface area contributed by atoms with Gasteiger partial charge in [-0.05, 0) is 24.3 Å². The van der Waals surface area contributed by atoms with Crippen LogP contribution >= 0.6 is 0 Å². The fraction of sp³-hybridized carbons (Fsp3) is 0.647. The van der Waals surface area contributed by atoms with E-state index in [9.17, 15) is 0 Å². The molecule has 2 aromatic carbocycles. The number of para-hydroxylation sites is 4. The number of fused-ring (bicyclic) bond motifs is 2. The zero-order valence-electron chi connectivity index (χ0n) is 27.2. The van der Waals surface area contributed by atoms with E-state index in [0.29, 0.717) is 106 Å². The molecule has 0 saturated heterocycles. The van der Waals surface area contributed by atoms with E-state index in [1.807, 2.05) is 48.5 Å². The van der Waals surface area contributed by atoms with E-state index >= 15 is 0 Å². The molecule has 0 radical (unpaired) electrons. The van der Waals surface area contributed by atoms with Crippen LogP contribution in [0.2, 0.25) is 0 Å². The van der Waals surface area contributed by atoms with Crippen molar-refractivity contribution in [3.63, 3.8) is 0 Å². The van der Waals surface area contributed by atoms with Gasteiger partial charge in [0.25, 0.3) is 0 Å². The normalized spacial score (nSPS) is 19.2. The molecule has 0 N–H and O–H groups in total. The summed E-state index contributed by atoms with van der Waals surface area (Å²) < 4.78 is 58.3. The number of hydrogen-bond donors (Lipinski definition) is 0. The second-order valence-electron chi connectivity index (χ2n) is 10.6. The molecule has 0 spiro atoms. The molecule has 12 heteroatoms. The third-order valence-corrected chi connectivity index (χ3v) is 7.32. The summed E-state index contributed by atoms with van der Waals surface area (Å²) >= 11 is 0. The molecule has 12 nitrogen and oxygen atoms in total. The first-order valence-electron chi connectivity index (χ1n) is 16.5. The maximum atomic E-state index is 5.87. The first kappa shape index (κ1) is 36.2. The van der Waals surface area contributed by atoms with Gasteiger partial charge in [-0.3, -0.25) is 9.80 Å². The Morgan fingerprint density at radius 1 is 0.391 bits per heavy atom. The van der Waals surface area contributed by atoms with E-state index in [2.05, 4.69) is 9.80 Å². The highest BCUT2D eigenvalue weighted by atomic mass is 16.6. The van der Waals surface area contributed by atoms with Gasteiger partial charge in [-0.15, -0.1) is 0 Å². The number of hydrogen-bond acceptors (Lipinski definition) is 12. The SMILES string of the molecule is c1ccc2c(c1)OCCOCCN(CCOCCOCCN1CCOCCOc3ccccc3OCCOCC1)CCOCCO2. The Hall–Kier alpha value is -2.68. The van der Waals surface area contributed by atoms with E-state index in [-0.39, 0.29) is 0 Å². The molecule has 0 saturated carbocycles. The predicted octanol–water partition coefficient (Wildman–Crippen LogP) is 2.63. The average Bonchev–Trinajstić information content (AvgIpc) is 3.09. The summed E-state index contributed by atoms with van der Waals surface area (Å²) in [6.45, 7) is 13.5. The Labute approximate surface area is 273 Å². The topological polar surface area (TPSA) is 98.8 Å². The van der Waals surface area contributed by atoms with Gasteiger partial charge >= 0.3 is 0 Å². The van der Waals surface area contributed by atoms with Crippen LogP contribution in [0, 0.1) is 0 Å². The van der Waals surface area contributed by atoms with Crippen LogP contribution in [0.4, 0.5) is 0 Å². The monoisotopic (exact) mass is 648 g/mol. The molecule has 0 aromatic heterocycles. The predicted molar refractivity (Wildman–Crippen MR) is 173 cm³/mol. The Morgan fingerprint density at radius 3 is 1.00 bits per heavy atom. The number of benzene rings is 2. The molecule has 4 rings (SSSR count). The lowest BCUT2D eigenvalue weighted by Gasteiger charge is -2.23. The van der Waals surface area contributed by atoms with Crippen molar-refractivity contribution in [2.75, 3.05) is 145 Å². The third kappa shape index (κ3) is 15.3. The highest BCUT2D eigenvalue weighted by molar-refractivity contribution is 5.40. The van der Waals surface area contributed by atoms with Crippen LogP contribution < -0.4 is 18.9 Å². The van der Waals surface area contributed by atoms with Gasteiger partial charge in [-0.2, -0.15) is 0 Å². The zero-order valence-corrected chi connectivity index (χ0v) is 27.2. The molecular weight excluding hydrogens is 596 g/mol. The van der Waals surface area contributed by atoms with E-state index in [0.717, 1.165) is 62.3 Å². The largest absolute Gasteiger partial charge is 0.487 e. The van der Waals surface area contributed by atoms with E-state index < -0.39 is 0 Å². The average molecular weight is 649 g/mol. The highest BCUT2D eigenvalue weighted by Crippen LogP contribution is 2.27. The van der Waals surface area contributed by atoms with Crippen molar-refractivity contribution >= 4 is 0 Å². The standard InChI is InChI=1S/C34H52N2O10/c1-2-6-32-31(5-1)43-27-23-39-17-11-35(12-18-40-24-28-44-32)9-15-37-21-22-38-16-10-36-13-19-41-25-29-45-33-7-3-4-8-34(33)46-30-26-42-20-14-36/h1-8H,9-30H2. The molecule has 46 heavy (non-hydrogen) atoms. The number of rotatable bonds is 9. The maximum absolute atomic E-state index is 5.87. The molecule has 2 aliphatic heterocycles. The Bertz CT molecular complexity index is 897. The summed E-state index contributed by atoms with van der Waals surface area (Å²) in [7, 11) is 0. The second kappa shape index (κ2) is 23.6. The fourth-order valence-electron chi connectivity index (χ4n) is 4.78. The lowest BCUT2D eigenvalue weighted by atomic mass is 10.3. The van der Waals surface area contributed by atoms with E-state index in [1.165, 1.54) is 0 Å². The molecule has 0 aliphatic carbocycles. The minimum absolute atomic E-state index is 0.472. The van der Waals surface area contributed by atoms with Crippen LogP contribution in [0.5, 0.6) is 23.0 Å². The summed E-state index contributed by atoms with van der Waals surface area (Å²) in [6.07, 6.45) is 0. The molecule has 0 amide bonds. The molecule has 258 valence electrons. The highest BCUT2D eigenvalue weighted by Gasteiger charge is 2.10. The maximum Gasteiger partial charge on any atom is 0.161 e. The van der Waals surface area contributed by atoms with Crippen molar-refractivity contribution in [2.24, 2.45) is 0 Å². The van der Waals surface area contributed by atoms with Gasteiger partial charge in [0.1, 0.15) is 26.4 Å².